The molecule has 1 amide bonds. The number of halogens is 3. The van der Waals surface area contributed by atoms with Gasteiger partial charge in [-0.05, 0) is 48.7 Å². The molecule has 0 aliphatic rings. The van der Waals surface area contributed by atoms with Gasteiger partial charge in [-0.2, -0.15) is 0 Å². The number of hydrogen-bond acceptors (Lipinski definition) is 1. The van der Waals surface area contributed by atoms with Crippen molar-refractivity contribution in [3.05, 3.63) is 64.2 Å². The average molecular weight is 324 g/mol. The maximum absolute atomic E-state index is 13.6. The average Bonchev–Trinajstić information content (AvgIpc) is 2.48. The lowest BCUT2D eigenvalue weighted by Crippen LogP contribution is -2.15. The molecule has 2 aromatic carbocycles. The van der Waals surface area contributed by atoms with Gasteiger partial charge in [-0.25, -0.2) is 8.78 Å². The van der Waals surface area contributed by atoms with Gasteiger partial charge in [0, 0.05) is 16.7 Å². The minimum atomic E-state index is -0.808. The van der Waals surface area contributed by atoms with Crippen molar-refractivity contribution >= 4 is 23.2 Å². The lowest BCUT2D eigenvalue weighted by Gasteiger charge is -2.11. The van der Waals surface area contributed by atoms with Crippen molar-refractivity contribution in [2.75, 3.05) is 5.32 Å². The third kappa shape index (κ3) is 4.04. The first-order valence-electron chi connectivity index (χ1n) is 7.06. The normalized spacial score (nSPS) is 10.5. The van der Waals surface area contributed by atoms with Crippen molar-refractivity contribution in [2.24, 2.45) is 0 Å². The molecule has 2 rings (SSSR count). The van der Waals surface area contributed by atoms with Crippen molar-refractivity contribution in [3.63, 3.8) is 0 Å². The van der Waals surface area contributed by atoms with E-state index >= 15 is 0 Å². The van der Waals surface area contributed by atoms with E-state index in [9.17, 15) is 13.6 Å². The van der Waals surface area contributed by atoms with Gasteiger partial charge in [0.25, 0.3) is 5.91 Å². The molecule has 0 aliphatic carbocycles. The zero-order chi connectivity index (χ0) is 16.1. The van der Waals surface area contributed by atoms with Crippen molar-refractivity contribution in [2.45, 2.75) is 26.2 Å². The third-order valence-corrected chi connectivity index (χ3v) is 3.53. The van der Waals surface area contributed by atoms with Crippen LogP contribution in [0.3, 0.4) is 0 Å². The summed E-state index contributed by atoms with van der Waals surface area (Å²) in [5.74, 6) is -1.93. The van der Waals surface area contributed by atoms with E-state index in [1.165, 1.54) is 6.07 Å². The molecule has 0 heterocycles. The summed E-state index contributed by atoms with van der Waals surface area (Å²) in [5.41, 5.74) is 1.21. The van der Waals surface area contributed by atoms with Gasteiger partial charge in [-0.15, -0.1) is 0 Å². The van der Waals surface area contributed by atoms with Crippen LogP contribution in [0.5, 0.6) is 0 Å². The zero-order valence-corrected chi connectivity index (χ0v) is 12.9. The van der Waals surface area contributed by atoms with Gasteiger partial charge >= 0.3 is 0 Å². The van der Waals surface area contributed by atoms with Crippen LogP contribution in [-0.2, 0) is 6.42 Å². The van der Waals surface area contributed by atoms with Gasteiger partial charge in [-0.1, -0.05) is 24.9 Å². The number of nitrogens with one attached hydrogen (secondary N) is 1. The second-order valence-electron chi connectivity index (χ2n) is 4.98. The molecular formula is C17H16ClF2NO. The molecule has 0 saturated carbocycles. The number of unbranched alkanes of at least 4 members (excludes halogenated alkanes) is 1. The molecule has 0 bridgehead atoms. The Morgan fingerprint density at radius 1 is 1.18 bits per heavy atom. The second kappa shape index (κ2) is 7.36. The van der Waals surface area contributed by atoms with Gasteiger partial charge < -0.3 is 5.32 Å². The van der Waals surface area contributed by atoms with E-state index < -0.39 is 17.5 Å². The number of anilines is 1. The smallest absolute Gasteiger partial charge is 0.256 e. The Hall–Kier alpha value is -1.94. The zero-order valence-electron chi connectivity index (χ0n) is 12.1. The highest BCUT2D eigenvalue weighted by atomic mass is 35.5. The Balaban J connectivity index is 2.25. The molecule has 0 radical (unpaired) electrons. The Bertz CT molecular complexity index is 688. The molecule has 0 fully saturated rings. The summed E-state index contributed by atoms with van der Waals surface area (Å²) >= 11 is 5.97. The minimum absolute atomic E-state index is 0.0530. The molecule has 0 atom stereocenters. The van der Waals surface area contributed by atoms with Gasteiger partial charge in [0.15, 0.2) is 0 Å². The molecule has 0 spiro atoms. The molecule has 5 heteroatoms. The minimum Gasteiger partial charge on any atom is -0.319 e. The Morgan fingerprint density at radius 2 is 1.95 bits per heavy atom. The number of carbonyl (C=O) groups is 1. The lowest BCUT2D eigenvalue weighted by molar-refractivity contribution is 0.102. The topological polar surface area (TPSA) is 29.1 Å². The van der Waals surface area contributed by atoms with Gasteiger partial charge in [0.1, 0.15) is 11.6 Å². The fourth-order valence-electron chi connectivity index (χ4n) is 2.14. The van der Waals surface area contributed by atoms with Gasteiger partial charge in [0.2, 0.25) is 0 Å². The van der Waals surface area contributed by atoms with E-state index in [0.717, 1.165) is 30.5 Å². The third-order valence-electron chi connectivity index (χ3n) is 3.29. The maximum atomic E-state index is 13.6. The first-order chi connectivity index (χ1) is 10.5. The van der Waals surface area contributed by atoms with Gasteiger partial charge in [0.05, 0.1) is 5.69 Å². The monoisotopic (exact) mass is 323 g/mol. The second-order valence-corrected chi connectivity index (χ2v) is 5.42. The molecule has 116 valence electrons. The van der Waals surface area contributed by atoms with Crippen LogP contribution in [0.1, 0.15) is 35.7 Å². The van der Waals surface area contributed by atoms with Crippen molar-refractivity contribution < 1.29 is 13.6 Å². The van der Waals surface area contributed by atoms with E-state index in [2.05, 4.69) is 12.2 Å². The number of rotatable bonds is 5. The summed E-state index contributed by atoms with van der Waals surface area (Å²) in [6.45, 7) is 2.05. The maximum Gasteiger partial charge on any atom is 0.256 e. The van der Waals surface area contributed by atoms with Crippen LogP contribution in [0.15, 0.2) is 36.4 Å². The van der Waals surface area contributed by atoms with Gasteiger partial charge in [-0.3, -0.25) is 4.79 Å². The molecule has 2 nitrogen and oxygen atoms in total. The Morgan fingerprint density at radius 3 is 2.64 bits per heavy atom. The number of aryl methyl sites for hydroxylation is 1. The molecule has 22 heavy (non-hydrogen) atoms. The SMILES string of the molecule is CCCCc1cc(Cl)ccc1C(=O)Nc1ccc(F)cc1F. The van der Waals surface area contributed by atoms with Crippen molar-refractivity contribution in [1.29, 1.82) is 0 Å². The Labute approximate surface area is 133 Å². The van der Waals surface area contributed by atoms with E-state index in [0.29, 0.717) is 17.0 Å². The van der Waals surface area contributed by atoms with E-state index in [-0.39, 0.29) is 5.69 Å². The van der Waals surface area contributed by atoms with E-state index in [4.69, 9.17) is 11.6 Å². The van der Waals surface area contributed by atoms with Crippen LogP contribution >= 0.6 is 11.6 Å². The predicted octanol–water partition coefficient (Wildman–Crippen LogP) is 5.21. The van der Waals surface area contributed by atoms with Crippen LogP contribution < -0.4 is 5.32 Å². The quantitative estimate of drug-likeness (QED) is 0.803. The van der Waals surface area contributed by atoms with Crippen LogP contribution in [-0.4, -0.2) is 5.91 Å². The van der Waals surface area contributed by atoms with E-state index in [1.807, 2.05) is 0 Å². The molecule has 0 saturated heterocycles. The number of benzene rings is 2. The van der Waals surface area contributed by atoms with Crippen LogP contribution in [0.4, 0.5) is 14.5 Å². The fourth-order valence-corrected chi connectivity index (χ4v) is 2.33. The first-order valence-corrected chi connectivity index (χ1v) is 7.44. The molecule has 0 unspecified atom stereocenters. The molecular weight excluding hydrogens is 308 g/mol. The summed E-state index contributed by atoms with van der Waals surface area (Å²) in [6.07, 6.45) is 2.62. The summed E-state index contributed by atoms with van der Waals surface area (Å²) in [4.78, 5) is 12.3. The molecule has 0 aliphatic heterocycles. The highest BCUT2D eigenvalue weighted by Crippen LogP contribution is 2.21. The number of hydrogen-bond donors (Lipinski definition) is 1. The van der Waals surface area contributed by atoms with Crippen LogP contribution in [0.25, 0.3) is 0 Å². The van der Waals surface area contributed by atoms with Crippen LogP contribution in [0.2, 0.25) is 5.02 Å². The summed E-state index contributed by atoms with van der Waals surface area (Å²) in [5, 5.41) is 3.02. The molecule has 2 aromatic rings. The predicted molar refractivity (Wildman–Crippen MR) is 84.4 cm³/mol. The molecule has 1 N–H and O–H groups in total. The van der Waals surface area contributed by atoms with Crippen LogP contribution in [0, 0.1) is 11.6 Å². The summed E-state index contributed by atoms with van der Waals surface area (Å²) in [7, 11) is 0. The highest BCUT2D eigenvalue weighted by molar-refractivity contribution is 6.30. The Kier molecular flexibility index (Phi) is 5.50. The first kappa shape index (κ1) is 16.4. The summed E-state index contributed by atoms with van der Waals surface area (Å²) in [6, 6.07) is 8.00. The molecule has 0 aromatic heterocycles. The highest BCUT2D eigenvalue weighted by Gasteiger charge is 2.14. The van der Waals surface area contributed by atoms with Crippen molar-refractivity contribution in [3.8, 4) is 0 Å². The fraction of sp³-hybridized carbons (Fsp3) is 0.235. The van der Waals surface area contributed by atoms with Crippen molar-refractivity contribution in [1.82, 2.24) is 0 Å². The number of carbonyl (C=O) groups excluding carboxylic acids is 1. The standard InChI is InChI=1S/C17H16ClF2NO/c1-2-3-4-11-9-12(18)5-7-14(11)17(22)21-16-8-6-13(19)10-15(16)20/h5-10H,2-4H2,1H3,(H,21,22). The number of amides is 1. The lowest BCUT2D eigenvalue weighted by atomic mass is 10.0. The van der Waals surface area contributed by atoms with E-state index in [1.54, 1.807) is 18.2 Å². The summed E-state index contributed by atoms with van der Waals surface area (Å²) < 4.78 is 26.5. The largest absolute Gasteiger partial charge is 0.319 e.